The molecule has 1 aromatic carbocycles. The van der Waals surface area contributed by atoms with Crippen LogP contribution in [0.3, 0.4) is 0 Å². The first-order chi connectivity index (χ1) is 12.1. The zero-order chi connectivity index (χ0) is 19.1. The van der Waals surface area contributed by atoms with Gasteiger partial charge in [-0.05, 0) is 36.3 Å². The van der Waals surface area contributed by atoms with Crippen LogP contribution in [0.2, 0.25) is 0 Å². The zero-order valence-corrected chi connectivity index (χ0v) is 14.6. The second-order valence-electron chi connectivity index (χ2n) is 7.51. The normalized spacial score (nSPS) is 26.6. The summed E-state index contributed by atoms with van der Waals surface area (Å²) in [6.45, 7) is 2.16. The van der Waals surface area contributed by atoms with Crippen molar-refractivity contribution in [3.8, 4) is 0 Å². The van der Waals surface area contributed by atoms with Crippen LogP contribution in [0.25, 0.3) is 0 Å². The number of carboxylic acid groups (broad SMARTS) is 1. The molecule has 2 fully saturated rings. The Labute approximate surface area is 150 Å². The van der Waals surface area contributed by atoms with Crippen molar-refractivity contribution in [1.82, 2.24) is 4.90 Å². The molecular weight excluding hydrogens is 347 g/mol. The van der Waals surface area contributed by atoms with Gasteiger partial charge in [-0.3, -0.25) is 9.59 Å². The summed E-state index contributed by atoms with van der Waals surface area (Å²) in [5.74, 6) is -1.79. The Balaban J connectivity index is 1.73. The summed E-state index contributed by atoms with van der Waals surface area (Å²) in [7, 11) is 0. The molecular formula is C19H22F3NO3. The predicted molar refractivity (Wildman–Crippen MR) is 88.5 cm³/mol. The molecule has 0 radical (unpaired) electrons. The molecule has 1 saturated heterocycles. The molecule has 3 rings (SSSR count). The first-order valence-corrected chi connectivity index (χ1v) is 8.82. The van der Waals surface area contributed by atoms with Crippen LogP contribution in [0.15, 0.2) is 24.3 Å². The highest BCUT2D eigenvalue weighted by Gasteiger charge is 2.55. The fraction of sp³-hybridized carbons (Fsp3) is 0.579. The molecule has 1 heterocycles. The summed E-state index contributed by atoms with van der Waals surface area (Å²) in [6, 6.07) is 5.29. The smallest absolute Gasteiger partial charge is 0.416 e. The molecule has 2 aliphatic rings. The number of likely N-dealkylation sites (tertiary alicyclic amines) is 1. The van der Waals surface area contributed by atoms with Crippen LogP contribution < -0.4 is 0 Å². The SMILES string of the molecule is CC(CC(=O)N1C[C@@H]2CCC[C@@]2(C(=O)O)C1)c1ccccc1C(F)(F)F. The molecule has 3 atom stereocenters. The van der Waals surface area contributed by atoms with Crippen molar-refractivity contribution >= 4 is 11.9 Å². The van der Waals surface area contributed by atoms with Crippen LogP contribution in [0, 0.1) is 11.3 Å². The molecule has 0 spiro atoms. The minimum Gasteiger partial charge on any atom is -0.481 e. The van der Waals surface area contributed by atoms with Crippen LogP contribution in [0.1, 0.15) is 49.7 Å². The van der Waals surface area contributed by atoms with Gasteiger partial charge in [-0.25, -0.2) is 0 Å². The molecule has 142 valence electrons. The van der Waals surface area contributed by atoms with Gasteiger partial charge in [0.05, 0.1) is 11.0 Å². The lowest BCUT2D eigenvalue weighted by atomic mass is 9.81. The van der Waals surface area contributed by atoms with Crippen molar-refractivity contribution in [2.24, 2.45) is 11.3 Å². The topological polar surface area (TPSA) is 57.6 Å². The number of nitrogens with zero attached hydrogens (tertiary/aromatic N) is 1. The lowest BCUT2D eigenvalue weighted by Crippen LogP contribution is -2.37. The fourth-order valence-electron chi connectivity index (χ4n) is 4.51. The van der Waals surface area contributed by atoms with E-state index in [-0.39, 0.29) is 30.4 Å². The van der Waals surface area contributed by atoms with Crippen LogP contribution in [-0.4, -0.2) is 35.0 Å². The van der Waals surface area contributed by atoms with Gasteiger partial charge in [0.1, 0.15) is 0 Å². The van der Waals surface area contributed by atoms with Gasteiger partial charge >= 0.3 is 12.1 Å². The molecule has 1 aromatic rings. The van der Waals surface area contributed by atoms with Gasteiger partial charge < -0.3 is 10.0 Å². The summed E-state index contributed by atoms with van der Waals surface area (Å²) in [6.07, 6.45) is -2.35. The van der Waals surface area contributed by atoms with E-state index in [0.717, 1.165) is 18.9 Å². The number of benzene rings is 1. The Morgan fingerprint density at radius 2 is 2.04 bits per heavy atom. The minimum absolute atomic E-state index is 0.0540. The van der Waals surface area contributed by atoms with Gasteiger partial charge in [-0.15, -0.1) is 0 Å². The molecule has 26 heavy (non-hydrogen) atoms. The van der Waals surface area contributed by atoms with E-state index in [1.165, 1.54) is 23.1 Å². The average molecular weight is 369 g/mol. The third-order valence-electron chi connectivity index (χ3n) is 5.93. The molecule has 1 saturated carbocycles. The van der Waals surface area contributed by atoms with Crippen molar-refractivity contribution in [1.29, 1.82) is 0 Å². The highest BCUT2D eigenvalue weighted by atomic mass is 19.4. The van der Waals surface area contributed by atoms with Crippen molar-refractivity contribution in [2.75, 3.05) is 13.1 Å². The zero-order valence-electron chi connectivity index (χ0n) is 14.6. The number of aliphatic carboxylic acids is 1. The summed E-state index contributed by atoms with van der Waals surface area (Å²) >= 11 is 0. The maximum Gasteiger partial charge on any atom is 0.416 e. The Bertz CT molecular complexity index is 718. The standard InChI is InChI=1S/C19H22F3NO3/c1-12(14-6-2-3-7-15(14)19(20,21)22)9-16(24)23-10-13-5-4-8-18(13,11-23)17(25)26/h2-3,6-7,12-13H,4-5,8-11H2,1H3,(H,25,26)/t12?,13-,18+/m0/s1. The third kappa shape index (κ3) is 3.19. The molecule has 4 nitrogen and oxygen atoms in total. The van der Waals surface area contributed by atoms with Gasteiger partial charge in [0, 0.05) is 19.5 Å². The van der Waals surface area contributed by atoms with Gasteiger partial charge in [0.25, 0.3) is 0 Å². The Kier molecular flexibility index (Phi) is 4.75. The second-order valence-corrected chi connectivity index (χ2v) is 7.51. The van der Waals surface area contributed by atoms with Gasteiger partial charge in [0.2, 0.25) is 5.91 Å². The number of carbonyl (C=O) groups is 2. The lowest BCUT2D eigenvalue weighted by Gasteiger charge is -2.24. The molecule has 1 aliphatic heterocycles. The highest BCUT2D eigenvalue weighted by molar-refractivity contribution is 5.82. The first kappa shape index (κ1) is 18.7. The fourth-order valence-corrected chi connectivity index (χ4v) is 4.51. The Morgan fingerprint density at radius 3 is 2.65 bits per heavy atom. The lowest BCUT2D eigenvalue weighted by molar-refractivity contribution is -0.149. The number of alkyl halides is 3. The van der Waals surface area contributed by atoms with Crippen LogP contribution in [0.5, 0.6) is 0 Å². The number of carboxylic acids is 1. The molecule has 1 amide bonds. The van der Waals surface area contributed by atoms with Crippen molar-refractivity contribution < 1.29 is 27.9 Å². The van der Waals surface area contributed by atoms with E-state index in [9.17, 15) is 27.9 Å². The van der Waals surface area contributed by atoms with Gasteiger partial charge in [-0.1, -0.05) is 31.5 Å². The summed E-state index contributed by atoms with van der Waals surface area (Å²) in [4.78, 5) is 25.9. The van der Waals surface area contributed by atoms with Crippen molar-refractivity contribution in [3.63, 3.8) is 0 Å². The van der Waals surface area contributed by atoms with E-state index < -0.39 is 29.0 Å². The number of amides is 1. The van der Waals surface area contributed by atoms with E-state index in [4.69, 9.17) is 0 Å². The second kappa shape index (κ2) is 6.59. The molecule has 0 aromatic heterocycles. The van der Waals surface area contributed by atoms with Crippen LogP contribution in [-0.2, 0) is 15.8 Å². The summed E-state index contributed by atoms with van der Waals surface area (Å²) in [5, 5.41) is 9.60. The minimum atomic E-state index is -4.47. The van der Waals surface area contributed by atoms with Crippen molar-refractivity contribution in [3.05, 3.63) is 35.4 Å². The number of hydrogen-bond acceptors (Lipinski definition) is 2. The molecule has 7 heteroatoms. The first-order valence-electron chi connectivity index (χ1n) is 8.82. The highest BCUT2D eigenvalue weighted by Crippen LogP contribution is 2.49. The monoisotopic (exact) mass is 369 g/mol. The number of rotatable bonds is 4. The van der Waals surface area contributed by atoms with Crippen LogP contribution >= 0.6 is 0 Å². The van der Waals surface area contributed by atoms with Gasteiger partial charge in [-0.2, -0.15) is 13.2 Å². The number of carbonyl (C=O) groups excluding carboxylic acids is 1. The quantitative estimate of drug-likeness (QED) is 0.875. The number of fused-ring (bicyclic) bond motifs is 1. The largest absolute Gasteiger partial charge is 0.481 e. The van der Waals surface area contributed by atoms with Gasteiger partial charge in [0.15, 0.2) is 0 Å². The van der Waals surface area contributed by atoms with E-state index in [1.54, 1.807) is 6.92 Å². The maximum absolute atomic E-state index is 13.2. The number of halogens is 3. The summed E-state index contributed by atoms with van der Waals surface area (Å²) in [5.41, 5.74) is -1.50. The Morgan fingerprint density at radius 1 is 1.35 bits per heavy atom. The predicted octanol–water partition coefficient (Wildman–Crippen LogP) is 3.91. The molecule has 1 aliphatic carbocycles. The molecule has 1 N–H and O–H groups in total. The average Bonchev–Trinajstić information content (AvgIpc) is 3.12. The van der Waals surface area contributed by atoms with E-state index in [0.29, 0.717) is 13.0 Å². The molecule has 0 bridgehead atoms. The maximum atomic E-state index is 13.2. The summed E-state index contributed by atoms with van der Waals surface area (Å²) < 4.78 is 39.5. The Hall–Kier alpha value is -2.05. The molecule has 1 unspecified atom stereocenters. The number of hydrogen-bond donors (Lipinski definition) is 1. The van der Waals surface area contributed by atoms with E-state index >= 15 is 0 Å². The van der Waals surface area contributed by atoms with Crippen LogP contribution in [0.4, 0.5) is 13.2 Å². The third-order valence-corrected chi connectivity index (χ3v) is 5.93. The van der Waals surface area contributed by atoms with E-state index in [2.05, 4.69) is 0 Å². The van der Waals surface area contributed by atoms with Crippen molar-refractivity contribution in [2.45, 2.75) is 44.7 Å². The van der Waals surface area contributed by atoms with E-state index in [1.807, 2.05) is 0 Å².